The van der Waals surface area contributed by atoms with E-state index >= 15 is 0 Å². The van der Waals surface area contributed by atoms with E-state index < -0.39 is 0 Å². The highest BCUT2D eigenvalue weighted by molar-refractivity contribution is 5.34. The third-order valence-electron chi connectivity index (χ3n) is 3.56. The van der Waals surface area contributed by atoms with E-state index in [0.29, 0.717) is 17.7 Å². The minimum absolute atomic E-state index is 0.0430. The van der Waals surface area contributed by atoms with E-state index in [1.807, 2.05) is 26.8 Å². The minimum Gasteiger partial charge on any atom is -0.361 e. The predicted octanol–water partition coefficient (Wildman–Crippen LogP) is 3.54. The van der Waals surface area contributed by atoms with Crippen molar-refractivity contribution in [2.75, 3.05) is 0 Å². The van der Waals surface area contributed by atoms with Crippen molar-refractivity contribution >= 4 is 0 Å². The topological polar surface area (TPSA) is 61.9 Å². The van der Waals surface area contributed by atoms with Gasteiger partial charge < -0.3 is 9.84 Å². The lowest BCUT2D eigenvalue weighted by molar-refractivity contribution is 0.389. The van der Waals surface area contributed by atoms with Gasteiger partial charge in [0.05, 0.1) is 17.3 Å². The molecule has 21 heavy (non-hydrogen) atoms. The molecule has 0 aliphatic rings. The zero-order valence-corrected chi connectivity index (χ0v) is 12.4. The molecule has 110 valence electrons. The molecule has 0 amide bonds. The van der Waals surface area contributed by atoms with E-state index in [1.165, 1.54) is 12.1 Å². The van der Waals surface area contributed by atoms with Crippen LogP contribution in [0.1, 0.15) is 47.5 Å². The first kappa shape index (κ1) is 15.2. The van der Waals surface area contributed by atoms with E-state index in [2.05, 4.69) is 10.5 Å². The Hall–Kier alpha value is -2.19. The number of nitrogens with zero attached hydrogens (tertiary/aromatic N) is 2. The summed E-state index contributed by atoms with van der Waals surface area (Å²) < 4.78 is 19.0. The fraction of sp³-hybridized carbons (Fsp3) is 0.375. The standard InChI is InChI=1S/C16H18FN3O/c1-4-15(16-10(2)20-21-11(16)3)19-9-13-7-12(8-18)5-6-14(13)17/h5-7,15,19H,4,9H2,1-3H3/t15-/m0/s1. The summed E-state index contributed by atoms with van der Waals surface area (Å²) in [4.78, 5) is 0. The summed E-state index contributed by atoms with van der Waals surface area (Å²) in [5.74, 6) is 0.466. The van der Waals surface area contributed by atoms with Crippen molar-refractivity contribution in [2.45, 2.75) is 39.8 Å². The summed E-state index contributed by atoms with van der Waals surface area (Å²) in [5, 5.41) is 16.2. The minimum atomic E-state index is -0.310. The molecule has 0 aliphatic carbocycles. The van der Waals surface area contributed by atoms with Crippen LogP contribution in [0.3, 0.4) is 0 Å². The molecule has 2 aromatic rings. The van der Waals surface area contributed by atoms with E-state index in [1.54, 1.807) is 6.07 Å². The average Bonchev–Trinajstić information content (AvgIpc) is 2.81. The molecule has 0 bridgehead atoms. The van der Waals surface area contributed by atoms with Crippen LogP contribution in [0.5, 0.6) is 0 Å². The third-order valence-corrected chi connectivity index (χ3v) is 3.56. The van der Waals surface area contributed by atoms with Gasteiger partial charge in [0.2, 0.25) is 0 Å². The number of hydrogen-bond acceptors (Lipinski definition) is 4. The summed E-state index contributed by atoms with van der Waals surface area (Å²) in [6, 6.07) is 6.44. The van der Waals surface area contributed by atoms with Gasteiger partial charge in [-0.2, -0.15) is 5.26 Å². The molecular formula is C16H18FN3O. The molecule has 0 radical (unpaired) electrons. The Morgan fingerprint density at radius 3 is 2.76 bits per heavy atom. The number of nitrogens with one attached hydrogen (secondary N) is 1. The molecule has 2 rings (SSSR count). The third kappa shape index (κ3) is 3.29. The van der Waals surface area contributed by atoms with Crippen molar-refractivity contribution in [1.82, 2.24) is 10.5 Å². The molecule has 0 aliphatic heterocycles. The van der Waals surface area contributed by atoms with Crippen LogP contribution in [0, 0.1) is 31.0 Å². The largest absolute Gasteiger partial charge is 0.361 e. The Labute approximate surface area is 123 Å². The molecule has 0 spiro atoms. The quantitative estimate of drug-likeness (QED) is 0.913. The molecule has 0 saturated carbocycles. The van der Waals surface area contributed by atoms with Gasteiger partial charge in [-0.15, -0.1) is 0 Å². The normalized spacial score (nSPS) is 12.1. The Morgan fingerprint density at radius 1 is 1.43 bits per heavy atom. The van der Waals surface area contributed by atoms with Gasteiger partial charge in [0.1, 0.15) is 11.6 Å². The number of hydrogen-bond donors (Lipinski definition) is 1. The van der Waals surface area contributed by atoms with Crippen LogP contribution < -0.4 is 5.32 Å². The zero-order valence-electron chi connectivity index (χ0n) is 12.4. The van der Waals surface area contributed by atoms with Crippen molar-refractivity contribution in [3.05, 3.63) is 52.2 Å². The van der Waals surface area contributed by atoms with Crippen LogP contribution in [0.4, 0.5) is 4.39 Å². The van der Waals surface area contributed by atoms with Crippen LogP contribution in [0.25, 0.3) is 0 Å². The molecule has 0 unspecified atom stereocenters. The number of aromatic nitrogens is 1. The number of aryl methyl sites for hydroxylation is 2. The molecule has 0 saturated heterocycles. The summed E-state index contributed by atoms with van der Waals surface area (Å²) in [7, 11) is 0. The fourth-order valence-electron chi connectivity index (χ4n) is 2.45. The lowest BCUT2D eigenvalue weighted by Crippen LogP contribution is -2.22. The van der Waals surface area contributed by atoms with Crippen LogP contribution >= 0.6 is 0 Å². The molecule has 1 atom stereocenters. The van der Waals surface area contributed by atoms with Gasteiger partial charge in [0.15, 0.2) is 0 Å². The van der Waals surface area contributed by atoms with E-state index in [9.17, 15) is 4.39 Å². The van der Waals surface area contributed by atoms with Gasteiger partial charge in [-0.05, 0) is 38.5 Å². The molecular weight excluding hydrogens is 269 g/mol. The summed E-state index contributed by atoms with van der Waals surface area (Å²) in [5.41, 5.74) is 2.81. The highest BCUT2D eigenvalue weighted by atomic mass is 19.1. The van der Waals surface area contributed by atoms with Gasteiger partial charge in [0.25, 0.3) is 0 Å². The van der Waals surface area contributed by atoms with Gasteiger partial charge in [-0.1, -0.05) is 12.1 Å². The van der Waals surface area contributed by atoms with Crippen LogP contribution in [0.15, 0.2) is 22.7 Å². The number of halogens is 1. The summed E-state index contributed by atoms with van der Waals surface area (Å²) >= 11 is 0. The maximum Gasteiger partial charge on any atom is 0.138 e. The van der Waals surface area contributed by atoms with Crippen molar-refractivity contribution in [2.24, 2.45) is 0 Å². The Morgan fingerprint density at radius 2 is 2.19 bits per heavy atom. The van der Waals surface area contributed by atoms with Crippen molar-refractivity contribution in [3.8, 4) is 6.07 Å². The van der Waals surface area contributed by atoms with Crippen molar-refractivity contribution in [3.63, 3.8) is 0 Å². The molecule has 1 N–H and O–H groups in total. The van der Waals surface area contributed by atoms with E-state index in [4.69, 9.17) is 9.78 Å². The number of benzene rings is 1. The predicted molar refractivity (Wildman–Crippen MR) is 77.0 cm³/mol. The van der Waals surface area contributed by atoms with E-state index in [-0.39, 0.29) is 11.9 Å². The SMILES string of the molecule is CC[C@H](NCc1cc(C#N)ccc1F)c1c(C)noc1C. The highest BCUT2D eigenvalue weighted by Gasteiger charge is 2.19. The second-order valence-electron chi connectivity index (χ2n) is 5.00. The van der Waals surface area contributed by atoms with Gasteiger partial charge in [0, 0.05) is 23.7 Å². The Balaban J connectivity index is 2.16. The van der Waals surface area contributed by atoms with Crippen LogP contribution in [-0.2, 0) is 6.54 Å². The first-order chi connectivity index (χ1) is 10.1. The number of rotatable bonds is 5. The van der Waals surface area contributed by atoms with Gasteiger partial charge in [-0.3, -0.25) is 0 Å². The van der Waals surface area contributed by atoms with Crippen molar-refractivity contribution < 1.29 is 8.91 Å². The van der Waals surface area contributed by atoms with Crippen molar-refractivity contribution in [1.29, 1.82) is 5.26 Å². The maximum atomic E-state index is 13.8. The highest BCUT2D eigenvalue weighted by Crippen LogP contribution is 2.24. The lowest BCUT2D eigenvalue weighted by atomic mass is 10.0. The molecule has 1 heterocycles. The van der Waals surface area contributed by atoms with Gasteiger partial charge >= 0.3 is 0 Å². The second kappa shape index (κ2) is 6.51. The molecule has 1 aromatic carbocycles. The molecule has 4 nitrogen and oxygen atoms in total. The average molecular weight is 287 g/mol. The fourth-order valence-corrected chi connectivity index (χ4v) is 2.45. The number of nitriles is 1. The first-order valence-electron chi connectivity index (χ1n) is 6.91. The molecule has 1 aromatic heterocycles. The summed E-state index contributed by atoms with van der Waals surface area (Å²) in [6.07, 6.45) is 0.836. The lowest BCUT2D eigenvalue weighted by Gasteiger charge is -2.17. The van der Waals surface area contributed by atoms with Crippen LogP contribution in [-0.4, -0.2) is 5.16 Å². The molecule has 0 fully saturated rings. The second-order valence-corrected chi connectivity index (χ2v) is 5.00. The summed E-state index contributed by atoms with van der Waals surface area (Å²) in [6.45, 7) is 6.17. The molecule has 5 heteroatoms. The zero-order chi connectivity index (χ0) is 15.4. The Bertz CT molecular complexity index is 653. The van der Waals surface area contributed by atoms with Gasteiger partial charge in [-0.25, -0.2) is 4.39 Å². The monoisotopic (exact) mass is 287 g/mol. The van der Waals surface area contributed by atoms with E-state index in [0.717, 1.165) is 23.4 Å². The maximum absolute atomic E-state index is 13.8. The van der Waals surface area contributed by atoms with Crippen LogP contribution in [0.2, 0.25) is 0 Å². The first-order valence-corrected chi connectivity index (χ1v) is 6.91. The Kier molecular flexibility index (Phi) is 4.71. The smallest absolute Gasteiger partial charge is 0.138 e.